The number of hydrogen-bond acceptors (Lipinski definition) is 4. The Morgan fingerprint density at radius 2 is 2.29 bits per heavy atom. The molecule has 1 fully saturated rings. The van der Waals surface area contributed by atoms with Crippen molar-refractivity contribution >= 4 is 5.82 Å². The maximum atomic E-state index is 4.41. The molecule has 0 spiro atoms. The summed E-state index contributed by atoms with van der Waals surface area (Å²) in [6.07, 6.45) is 5.93. The molecule has 0 saturated carbocycles. The molecule has 0 radical (unpaired) electrons. The van der Waals surface area contributed by atoms with E-state index in [-0.39, 0.29) is 0 Å². The second kappa shape index (κ2) is 4.37. The molecule has 1 atom stereocenters. The van der Waals surface area contributed by atoms with E-state index >= 15 is 0 Å². The first-order valence-electron chi connectivity index (χ1n) is 5.11. The monoisotopic (exact) mass is 192 g/mol. The summed E-state index contributed by atoms with van der Waals surface area (Å²) in [6.45, 7) is 2.15. The van der Waals surface area contributed by atoms with Crippen LogP contribution in [0.25, 0.3) is 0 Å². The molecule has 76 valence electrons. The van der Waals surface area contributed by atoms with Gasteiger partial charge in [0.1, 0.15) is 5.82 Å². The summed E-state index contributed by atoms with van der Waals surface area (Å²) in [5.41, 5.74) is 1.10. The lowest BCUT2D eigenvalue weighted by molar-refractivity contribution is 0.454. The molecule has 1 aliphatic rings. The van der Waals surface area contributed by atoms with Gasteiger partial charge in [-0.3, -0.25) is 4.98 Å². The Morgan fingerprint density at radius 1 is 1.43 bits per heavy atom. The summed E-state index contributed by atoms with van der Waals surface area (Å²) in [5, 5.41) is 6.48. The summed E-state index contributed by atoms with van der Waals surface area (Å²) in [7, 11) is 1.89. The molecule has 2 N–H and O–H groups in total. The van der Waals surface area contributed by atoms with Gasteiger partial charge < -0.3 is 10.6 Å². The number of aromatic nitrogens is 2. The van der Waals surface area contributed by atoms with E-state index in [1.54, 1.807) is 12.4 Å². The van der Waals surface area contributed by atoms with Gasteiger partial charge >= 0.3 is 0 Å². The Labute approximate surface area is 84.2 Å². The molecule has 14 heavy (non-hydrogen) atoms. The molecule has 1 aliphatic heterocycles. The van der Waals surface area contributed by atoms with Gasteiger partial charge in [0.15, 0.2) is 0 Å². The van der Waals surface area contributed by atoms with Crippen LogP contribution >= 0.6 is 0 Å². The van der Waals surface area contributed by atoms with Crippen molar-refractivity contribution in [3.8, 4) is 0 Å². The number of nitrogens with one attached hydrogen (secondary N) is 2. The molecular formula is C10H16N4. The molecule has 2 heterocycles. The predicted octanol–water partition coefficient (Wildman–Crippen LogP) is 0.985. The third kappa shape index (κ3) is 1.85. The van der Waals surface area contributed by atoms with Crippen molar-refractivity contribution in [3.63, 3.8) is 0 Å². The summed E-state index contributed by atoms with van der Waals surface area (Å²) >= 11 is 0. The first-order chi connectivity index (χ1) is 6.92. The van der Waals surface area contributed by atoms with Crippen molar-refractivity contribution in [1.82, 2.24) is 15.3 Å². The largest absolute Gasteiger partial charge is 0.372 e. The van der Waals surface area contributed by atoms with Crippen LogP contribution in [0.4, 0.5) is 5.82 Å². The number of hydrogen-bond donors (Lipinski definition) is 2. The van der Waals surface area contributed by atoms with E-state index in [2.05, 4.69) is 20.6 Å². The van der Waals surface area contributed by atoms with Crippen molar-refractivity contribution in [2.45, 2.75) is 18.8 Å². The van der Waals surface area contributed by atoms with Crippen LogP contribution < -0.4 is 10.6 Å². The molecule has 1 saturated heterocycles. The van der Waals surface area contributed by atoms with Gasteiger partial charge in [-0.05, 0) is 19.4 Å². The summed E-state index contributed by atoms with van der Waals surface area (Å²) in [6, 6.07) is 0. The van der Waals surface area contributed by atoms with Crippen LogP contribution in [0.3, 0.4) is 0 Å². The van der Waals surface area contributed by atoms with E-state index in [1.807, 2.05) is 7.05 Å². The van der Waals surface area contributed by atoms with Gasteiger partial charge in [-0.1, -0.05) is 0 Å². The summed E-state index contributed by atoms with van der Waals surface area (Å²) < 4.78 is 0. The lowest BCUT2D eigenvalue weighted by atomic mass is 9.96. The smallest absolute Gasteiger partial charge is 0.147 e. The fourth-order valence-corrected chi connectivity index (χ4v) is 1.93. The van der Waals surface area contributed by atoms with Gasteiger partial charge in [-0.15, -0.1) is 0 Å². The quantitative estimate of drug-likeness (QED) is 0.733. The normalized spacial score (nSPS) is 21.9. The molecule has 4 nitrogen and oxygen atoms in total. The zero-order valence-corrected chi connectivity index (χ0v) is 8.45. The minimum Gasteiger partial charge on any atom is -0.372 e. The number of nitrogens with zero attached hydrogens (tertiary/aromatic N) is 2. The molecule has 1 aromatic heterocycles. The van der Waals surface area contributed by atoms with Crippen molar-refractivity contribution in [3.05, 3.63) is 18.1 Å². The highest BCUT2D eigenvalue weighted by Gasteiger charge is 2.19. The average molecular weight is 192 g/mol. The maximum Gasteiger partial charge on any atom is 0.147 e. The van der Waals surface area contributed by atoms with Crippen LogP contribution in [0.5, 0.6) is 0 Å². The molecule has 2 rings (SSSR count). The van der Waals surface area contributed by atoms with Gasteiger partial charge in [0.05, 0.1) is 5.69 Å². The molecule has 0 aromatic carbocycles. The van der Waals surface area contributed by atoms with Crippen molar-refractivity contribution in [1.29, 1.82) is 0 Å². The van der Waals surface area contributed by atoms with Crippen LogP contribution in [0, 0.1) is 0 Å². The Hall–Kier alpha value is -1.16. The molecule has 0 unspecified atom stereocenters. The molecule has 1 aromatic rings. The minimum atomic E-state index is 0.514. The number of piperidine rings is 1. The second-order valence-electron chi connectivity index (χ2n) is 3.58. The Morgan fingerprint density at radius 3 is 3.00 bits per heavy atom. The van der Waals surface area contributed by atoms with E-state index < -0.39 is 0 Å². The van der Waals surface area contributed by atoms with E-state index in [0.717, 1.165) is 24.6 Å². The molecular weight excluding hydrogens is 176 g/mol. The van der Waals surface area contributed by atoms with Gasteiger partial charge in [0.25, 0.3) is 0 Å². The minimum absolute atomic E-state index is 0.514. The van der Waals surface area contributed by atoms with Gasteiger partial charge in [0, 0.05) is 31.9 Å². The molecule has 4 heteroatoms. The SMILES string of the molecule is CNc1nccnc1[C@H]1CCCNC1. The van der Waals surface area contributed by atoms with Crippen LogP contribution in [0.15, 0.2) is 12.4 Å². The highest BCUT2D eigenvalue weighted by molar-refractivity contribution is 5.41. The summed E-state index contributed by atoms with van der Waals surface area (Å²) in [4.78, 5) is 8.68. The lowest BCUT2D eigenvalue weighted by Crippen LogP contribution is -2.29. The highest BCUT2D eigenvalue weighted by Crippen LogP contribution is 2.25. The van der Waals surface area contributed by atoms with Gasteiger partial charge in [0.2, 0.25) is 0 Å². The Bertz CT molecular complexity index is 294. The zero-order valence-electron chi connectivity index (χ0n) is 8.45. The third-order valence-corrected chi connectivity index (χ3v) is 2.65. The number of anilines is 1. The van der Waals surface area contributed by atoms with Crippen LogP contribution in [-0.4, -0.2) is 30.1 Å². The number of rotatable bonds is 2. The lowest BCUT2D eigenvalue weighted by Gasteiger charge is -2.23. The zero-order chi connectivity index (χ0) is 9.80. The average Bonchev–Trinajstić information content (AvgIpc) is 2.30. The van der Waals surface area contributed by atoms with Crippen molar-refractivity contribution < 1.29 is 0 Å². The summed E-state index contributed by atoms with van der Waals surface area (Å²) in [5.74, 6) is 1.43. The Balaban J connectivity index is 2.20. The van der Waals surface area contributed by atoms with E-state index in [9.17, 15) is 0 Å². The van der Waals surface area contributed by atoms with E-state index in [1.165, 1.54) is 12.8 Å². The van der Waals surface area contributed by atoms with Crippen molar-refractivity contribution in [2.75, 3.05) is 25.5 Å². The maximum absolute atomic E-state index is 4.41. The van der Waals surface area contributed by atoms with Gasteiger partial charge in [-0.2, -0.15) is 0 Å². The highest BCUT2D eigenvalue weighted by atomic mass is 15.0. The van der Waals surface area contributed by atoms with Crippen LogP contribution in [0.2, 0.25) is 0 Å². The Kier molecular flexibility index (Phi) is 2.93. The van der Waals surface area contributed by atoms with E-state index in [4.69, 9.17) is 0 Å². The topological polar surface area (TPSA) is 49.8 Å². The first kappa shape index (κ1) is 9.40. The molecule has 0 aliphatic carbocycles. The fraction of sp³-hybridized carbons (Fsp3) is 0.600. The third-order valence-electron chi connectivity index (χ3n) is 2.65. The van der Waals surface area contributed by atoms with E-state index in [0.29, 0.717) is 5.92 Å². The fourth-order valence-electron chi connectivity index (χ4n) is 1.93. The standard InChI is InChI=1S/C10H16N4/c1-11-10-9(13-5-6-14-10)8-3-2-4-12-7-8/h5-6,8,12H,2-4,7H2,1H3,(H,11,14)/t8-/m0/s1. The van der Waals surface area contributed by atoms with Gasteiger partial charge in [-0.25, -0.2) is 4.98 Å². The molecule has 0 bridgehead atoms. The van der Waals surface area contributed by atoms with Crippen LogP contribution in [0.1, 0.15) is 24.5 Å². The van der Waals surface area contributed by atoms with Crippen LogP contribution in [-0.2, 0) is 0 Å². The second-order valence-corrected chi connectivity index (χ2v) is 3.58. The predicted molar refractivity (Wildman–Crippen MR) is 56.4 cm³/mol. The first-order valence-corrected chi connectivity index (χ1v) is 5.11. The molecule has 0 amide bonds. The van der Waals surface area contributed by atoms with Crippen molar-refractivity contribution in [2.24, 2.45) is 0 Å².